The quantitative estimate of drug-likeness (QED) is 0.775. The number of hydrogen-bond donors (Lipinski definition) is 1. The molecule has 128 valence electrons. The van der Waals surface area contributed by atoms with Crippen molar-refractivity contribution in [2.75, 3.05) is 25.6 Å². The van der Waals surface area contributed by atoms with Gasteiger partial charge in [-0.25, -0.2) is 4.79 Å². The molecular formula is C18H21NO4S. The van der Waals surface area contributed by atoms with Crippen LogP contribution < -0.4 is 5.32 Å². The Labute approximate surface area is 145 Å². The molecule has 1 amide bonds. The normalized spacial score (nSPS) is 10.5. The molecule has 0 atom stereocenters. The van der Waals surface area contributed by atoms with Crippen molar-refractivity contribution in [2.45, 2.75) is 20.3 Å². The first-order valence-electron chi connectivity index (χ1n) is 7.77. The summed E-state index contributed by atoms with van der Waals surface area (Å²) in [6, 6.07) is 8.02. The Morgan fingerprint density at radius 3 is 2.46 bits per heavy atom. The molecule has 0 fully saturated rings. The molecule has 1 aromatic carbocycles. The Bertz CT molecular complexity index is 706. The monoisotopic (exact) mass is 347 g/mol. The van der Waals surface area contributed by atoms with E-state index in [9.17, 15) is 9.59 Å². The number of esters is 1. The second-order valence-corrected chi connectivity index (χ2v) is 5.99. The number of hydrogen-bond acceptors (Lipinski definition) is 5. The van der Waals surface area contributed by atoms with Crippen molar-refractivity contribution in [3.63, 3.8) is 0 Å². The molecule has 1 aromatic heterocycles. The molecule has 0 saturated heterocycles. The minimum atomic E-state index is -0.443. The van der Waals surface area contributed by atoms with Gasteiger partial charge >= 0.3 is 5.97 Å². The highest BCUT2D eigenvalue weighted by Crippen LogP contribution is 2.36. The van der Waals surface area contributed by atoms with E-state index in [-0.39, 0.29) is 19.1 Å². The standard InChI is InChI=1S/C18H21NO4S/c1-4-12-6-8-13(9-7-12)14-11-24-17(19-15(20)10-22-3)16(14)18(21)23-5-2/h6-9,11H,4-5,10H2,1-3H3,(H,19,20). The number of ether oxygens (including phenoxy) is 2. The number of methoxy groups -OCH3 is 1. The van der Waals surface area contributed by atoms with Crippen LogP contribution in [0.25, 0.3) is 11.1 Å². The highest BCUT2D eigenvalue weighted by molar-refractivity contribution is 7.15. The summed E-state index contributed by atoms with van der Waals surface area (Å²) in [6.45, 7) is 4.05. The van der Waals surface area contributed by atoms with E-state index in [1.807, 2.05) is 29.6 Å². The lowest BCUT2D eigenvalue weighted by atomic mass is 10.0. The third-order valence-corrected chi connectivity index (χ3v) is 4.37. The summed E-state index contributed by atoms with van der Waals surface area (Å²) in [4.78, 5) is 24.2. The van der Waals surface area contributed by atoms with Crippen LogP contribution in [0.1, 0.15) is 29.8 Å². The summed E-state index contributed by atoms with van der Waals surface area (Å²) < 4.78 is 9.98. The Morgan fingerprint density at radius 2 is 1.88 bits per heavy atom. The summed E-state index contributed by atoms with van der Waals surface area (Å²) in [6.07, 6.45) is 0.951. The maximum atomic E-state index is 12.4. The van der Waals surface area contributed by atoms with Crippen molar-refractivity contribution >= 4 is 28.2 Å². The van der Waals surface area contributed by atoms with Gasteiger partial charge in [0.15, 0.2) is 0 Å². The van der Waals surface area contributed by atoms with Gasteiger partial charge in [0.1, 0.15) is 17.2 Å². The Kier molecular flexibility index (Phi) is 6.52. The molecule has 1 heterocycles. The zero-order chi connectivity index (χ0) is 17.5. The third kappa shape index (κ3) is 4.21. The molecule has 0 saturated carbocycles. The van der Waals surface area contributed by atoms with Crippen molar-refractivity contribution in [3.8, 4) is 11.1 Å². The van der Waals surface area contributed by atoms with Crippen LogP contribution in [0.5, 0.6) is 0 Å². The van der Waals surface area contributed by atoms with Gasteiger partial charge in [-0.05, 0) is 24.5 Å². The van der Waals surface area contributed by atoms with Gasteiger partial charge in [0.25, 0.3) is 5.91 Å². The molecule has 2 rings (SSSR count). The number of thiophene rings is 1. The van der Waals surface area contributed by atoms with Gasteiger partial charge in [0, 0.05) is 18.1 Å². The van der Waals surface area contributed by atoms with Gasteiger partial charge in [-0.2, -0.15) is 0 Å². The zero-order valence-corrected chi connectivity index (χ0v) is 14.9. The number of nitrogens with one attached hydrogen (secondary N) is 1. The van der Waals surface area contributed by atoms with Crippen LogP contribution >= 0.6 is 11.3 Å². The van der Waals surface area contributed by atoms with Crippen LogP contribution in [-0.2, 0) is 20.7 Å². The number of carbonyl (C=O) groups is 2. The lowest BCUT2D eigenvalue weighted by molar-refractivity contribution is -0.119. The van der Waals surface area contributed by atoms with Crippen LogP contribution in [0.2, 0.25) is 0 Å². The van der Waals surface area contributed by atoms with E-state index >= 15 is 0 Å². The number of anilines is 1. The summed E-state index contributed by atoms with van der Waals surface area (Å²) >= 11 is 1.30. The predicted molar refractivity (Wildman–Crippen MR) is 95.6 cm³/mol. The van der Waals surface area contributed by atoms with Gasteiger partial charge in [0.05, 0.1) is 6.61 Å². The molecule has 0 unspecified atom stereocenters. The molecule has 5 nitrogen and oxygen atoms in total. The summed E-state index contributed by atoms with van der Waals surface area (Å²) in [7, 11) is 1.45. The first-order valence-corrected chi connectivity index (χ1v) is 8.65. The molecule has 2 aromatic rings. The fourth-order valence-electron chi connectivity index (χ4n) is 2.28. The van der Waals surface area contributed by atoms with Crippen molar-refractivity contribution in [3.05, 3.63) is 40.8 Å². The highest BCUT2D eigenvalue weighted by atomic mass is 32.1. The van der Waals surface area contributed by atoms with Crippen LogP contribution in [0, 0.1) is 0 Å². The van der Waals surface area contributed by atoms with Crippen molar-refractivity contribution in [2.24, 2.45) is 0 Å². The van der Waals surface area contributed by atoms with E-state index < -0.39 is 5.97 Å². The summed E-state index contributed by atoms with van der Waals surface area (Å²) in [5.74, 6) is -0.751. The van der Waals surface area contributed by atoms with Gasteiger partial charge in [-0.3, -0.25) is 4.79 Å². The number of amides is 1. The molecule has 0 aliphatic heterocycles. The first-order chi connectivity index (χ1) is 11.6. The second kappa shape index (κ2) is 8.61. The van der Waals surface area contributed by atoms with Crippen LogP contribution in [-0.4, -0.2) is 32.2 Å². The fourth-order valence-corrected chi connectivity index (χ4v) is 3.26. The minimum Gasteiger partial charge on any atom is -0.462 e. The third-order valence-electron chi connectivity index (χ3n) is 3.47. The van der Waals surface area contributed by atoms with E-state index in [0.717, 1.165) is 17.5 Å². The number of rotatable bonds is 7. The van der Waals surface area contributed by atoms with Gasteiger partial charge in [0.2, 0.25) is 0 Å². The largest absolute Gasteiger partial charge is 0.462 e. The molecule has 0 aliphatic carbocycles. The molecule has 0 aliphatic rings. The molecule has 24 heavy (non-hydrogen) atoms. The topological polar surface area (TPSA) is 64.6 Å². The SMILES string of the molecule is CCOC(=O)c1c(-c2ccc(CC)cc2)csc1NC(=O)COC. The summed E-state index contributed by atoms with van der Waals surface area (Å²) in [5.41, 5.74) is 3.28. The lowest BCUT2D eigenvalue weighted by Gasteiger charge is -2.09. The van der Waals surface area contributed by atoms with Gasteiger partial charge in [-0.15, -0.1) is 11.3 Å². The number of carbonyl (C=O) groups excluding carboxylic acids is 2. The van der Waals surface area contributed by atoms with Crippen LogP contribution in [0.15, 0.2) is 29.6 Å². The first kappa shape index (κ1) is 18.2. The Morgan fingerprint density at radius 1 is 1.17 bits per heavy atom. The lowest BCUT2D eigenvalue weighted by Crippen LogP contribution is -2.18. The van der Waals surface area contributed by atoms with Crippen LogP contribution in [0.3, 0.4) is 0 Å². The Hall–Kier alpha value is -2.18. The van der Waals surface area contributed by atoms with Crippen molar-refractivity contribution in [1.82, 2.24) is 0 Å². The van der Waals surface area contributed by atoms with E-state index in [0.29, 0.717) is 10.6 Å². The zero-order valence-electron chi connectivity index (χ0n) is 14.0. The van der Waals surface area contributed by atoms with Crippen molar-refractivity contribution < 1.29 is 19.1 Å². The second-order valence-electron chi connectivity index (χ2n) is 5.11. The number of benzene rings is 1. The van der Waals surface area contributed by atoms with E-state index in [1.54, 1.807) is 6.92 Å². The molecule has 0 spiro atoms. The molecule has 0 bridgehead atoms. The smallest absolute Gasteiger partial charge is 0.341 e. The van der Waals surface area contributed by atoms with E-state index in [1.165, 1.54) is 24.0 Å². The molecule has 6 heteroatoms. The molecule has 1 N–H and O–H groups in total. The van der Waals surface area contributed by atoms with E-state index in [4.69, 9.17) is 9.47 Å². The maximum absolute atomic E-state index is 12.4. The minimum absolute atomic E-state index is 0.0688. The molecule has 0 radical (unpaired) electrons. The fraction of sp³-hybridized carbons (Fsp3) is 0.333. The van der Waals surface area contributed by atoms with Crippen molar-refractivity contribution in [1.29, 1.82) is 0 Å². The molecular weight excluding hydrogens is 326 g/mol. The average molecular weight is 347 g/mol. The summed E-state index contributed by atoms with van der Waals surface area (Å²) in [5, 5.41) is 5.05. The van der Waals surface area contributed by atoms with Gasteiger partial charge in [-0.1, -0.05) is 31.2 Å². The number of aryl methyl sites for hydroxylation is 1. The van der Waals surface area contributed by atoms with Gasteiger partial charge < -0.3 is 14.8 Å². The predicted octanol–water partition coefficient (Wildman–Crippen LogP) is 3.74. The van der Waals surface area contributed by atoms with Crippen LogP contribution in [0.4, 0.5) is 5.00 Å². The Balaban J connectivity index is 2.40. The van der Waals surface area contributed by atoms with E-state index in [2.05, 4.69) is 12.2 Å². The highest BCUT2D eigenvalue weighted by Gasteiger charge is 2.22. The average Bonchev–Trinajstić information content (AvgIpc) is 2.99. The maximum Gasteiger partial charge on any atom is 0.341 e.